The third-order valence-electron chi connectivity index (χ3n) is 3.45. The molecule has 0 atom stereocenters. The molecule has 0 radical (unpaired) electrons. The number of anilines is 1. The van der Waals surface area contributed by atoms with Crippen molar-refractivity contribution in [3.8, 4) is 0 Å². The average Bonchev–Trinajstić information content (AvgIpc) is 3.03. The van der Waals surface area contributed by atoms with Crippen LogP contribution in [0.1, 0.15) is 32.0 Å². The molecule has 3 rings (SSSR count). The summed E-state index contributed by atoms with van der Waals surface area (Å²) in [5.41, 5.74) is 2.28. The van der Waals surface area contributed by atoms with E-state index in [1.165, 1.54) is 12.3 Å². The molecule has 2 aromatic rings. The lowest BCUT2D eigenvalue weighted by Gasteiger charge is -2.16. The van der Waals surface area contributed by atoms with Crippen molar-refractivity contribution in [1.29, 1.82) is 0 Å². The van der Waals surface area contributed by atoms with Crippen LogP contribution in [0.5, 0.6) is 0 Å². The van der Waals surface area contributed by atoms with E-state index < -0.39 is 5.97 Å². The third kappa shape index (κ3) is 1.85. The lowest BCUT2D eigenvalue weighted by atomic mass is 10.1. The van der Waals surface area contributed by atoms with E-state index in [9.17, 15) is 9.59 Å². The second kappa shape index (κ2) is 4.48. The van der Waals surface area contributed by atoms with E-state index in [0.29, 0.717) is 24.3 Å². The fourth-order valence-corrected chi connectivity index (χ4v) is 2.40. The monoisotopic (exact) mass is 272 g/mol. The number of carbonyl (C=O) groups excluding carboxylic acids is 1. The molecule has 0 saturated heterocycles. The van der Waals surface area contributed by atoms with Crippen LogP contribution in [0.2, 0.25) is 0 Å². The number of benzene rings is 1. The summed E-state index contributed by atoms with van der Waals surface area (Å²) < 4.78 is 4.91. The second-order valence-corrected chi connectivity index (χ2v) is 4.65. The van der Waals surface area contributed by atoms with E-state index in [4.69, 9.17) is 9.63 Å². The molecule has 0 bridgehead atoms. The maximum absolute atomic E-state index is 12.4. The van der Waals surface area contributed by atoms with E-state index in [1.54, 1.807) is 24.0 Å². The largest absolute Gasteiger partial charge is 0.478 e. The molecule has 1 aromatic heterocycles. The first-order valence-electron chi connectivity index (χ1n) is 6.17. The summed E-state index contributed by atoms with van der Waals surface area (Å²) >= 11 is 0. The van der Waals surface area contributed by atoms with E-state index >= 15 is 0 Å². The minimum Gasteiger partial charge on any atom is -0.478 e. The Morgan fingerprint density at radius 3 is 2.85 bits per heavy atom. The highest BCUT2D eigenvalue weighted by Gasteiger charge is 2.28. The van der Waals surface area contributed by atoms with Crippen LogP contribution in [-0.4, -0.2) is 28.7 Å². The van der Waals surface area contributed by atoms with Gasteiger partial charge in [0.15, 0.2) is 0 Å². The molecule has 6 nitrogen and oxygen atoms in total. The Hall–Kier alpha value is -2.63. The zero-order valence-corrected chi connectivity index (χ0v) is 10.8. The van der Waals surface area contributed by atoms with E-state index in [-0.39, 0.29) is 11.5 Å². The molecule has 2 heterocycles. The van der Waals surface area contributed by atoms with Crippen LogP contribution in [-0.2, 0) is 6.42 Å². The number of carbonyl (C=O) groups is 2. The minimum absolute atomic E-state index is 0.175. The van der Waals surface area contributed by atoms with Gasteiger partial charge in [-0.3, -0.25) is 4.79 Å². The van der Waals surface area contributed by atoms with Crippen molar-refractivity contribution in [2.75, 3.05) is 11.4 Å². The number of rotatable bonds is 2. The molecular weight excluding hydrogens is 260 g/mol. The van der Waals surface area contributed by atoms with Crippen LogP contribution in [0.25, 0.3) is 0 Å². The SMILES string of the molecule is Cc1oncc1C(=O)N1CCc2cc(C(=O)O)ccc21. The first-order chi connectivity index (χ1) is 9.58. The highest BCUT2D eigenvalue weighted by Crippen LogP contribution is 2.30. The van der Waals surface area contributed by atoms with Gasteiger partial charge in [0.2, 0.25) is 0 Å². The molecule has 0 unspecified atom stereocenters. The molecular formula is C14H12N2O4. The molecule has 6 heteroatoms. The molecule has 0 saturated carbocycles. The van der Waals surface area contributed by atoms with Gasteiger partial charge in [-0.2, -0.15) is 0 Å². The lowest BCUT2D eigenvalue weighted by molar-refractivity contribution is 0.0696. The van der Waals surface area contributed by atoms with Gasteiger partial charge in [-0.25, -0.2) is 4.79 Å². The number of nitrogens with zero attached hydrogens (tertiary/aromatic N) is 2. The Balaban J connectivity index is 1.96. The van der Waals surface area contributed by atoms with Crippen LogP contribution >= 0.6 is 0 Å². The number of aromatic carboxylic acids is 1. The Morgan fingerprint density at radius 2 is 2.20 bits per heavy atom. The number of carboxylic acid groups (broad SMARTS) is 1. The quantitative estimate of drug-likeness (QED) is 0.902. The van der Waals surface area contributed by atoms with Gasteiger partial charge in [0.25, 0.3) is 5.91 Å². The molecule has 0 aliphatic carbocycles. The number of hydrogen-bond acceptors (Lipinski definition) is 4. The van der Waals surface area contributed by atoms with Crippen LogP contribution < -0.4 is 4.90 Å². The topological polar surface area (TPSA) is 83.6 Å². The van der Waals surface area contributed by atoms with Crippen molar-refractivity contribution in [1.82, 2.24) is 5.16 Å². The summed E-state index contributed by atoms with van der Waals surface area (Å²) in [4.78, 5) is 25.0. The number of carboxylic acids is 1. The molecule has 1 N–H and O–H groups in total. The molecule has 0 fully saturated rings. The molecule has 20 heavy (non-hydrogen) atoms. The smallest absolute Gasteiger partial charge is 0.335 e. The van der Waals surface area contributed by atoms with Gasteiger partial charge in [0.1, 0.15) is 11.3 Å². The molecule has 1 aliphatic rings. The number of aromatic nitrogens is 1. The van der Waals surface area contributed by atoms with E-state index in [0.717, 1.165) is 11.3 Å². The maximum Gasteiger partial charge on any atom is 0.335 e. The fourth-order valence-electron chi connectivity index (χ4n) is 2.40. The van der Waals surface area contributed by atoms with Crippen molar-refractivity contribution < 1.29 is 19.2 Å². The van der Waals surface area contributed by atoms with Gasteiger partial charge in [-0.15, -0.1) is 0 Å². The molecule has 1 amide bonds. The minimum atomic E-state index is -0.965. The third-order valence-corrected chi connectivity index (χ3v) is 3.45. The molecule has 1 aromatic carbocycles. The zero-order valence-electron chi connectivity index (χ0n) is 10.8. The van der Waals surface area contributed by atoms with Crippen LogP contribution in [0.15, 0.2) is 28.9 Å². The van der Waals surface area contributed by atoms with Crippen molar-refractivity contribution in [3.63, 3.8) is 0 Å². The first-order valence-corrected chi connectivity index (χ1v) is 6.17. The highest BCUT2D eigenvalue weighted by atomic mass is 16.5. The summed E-state index contributed by atoms with van der Waals surface area (Å²) in [5, 5.41) is 12.6. The van der Waals surface area contributed by atoms with Gasteiger partial charge in [-0.1, -0.05) is 5.16 Å². The number of hydrogen-bond donors (Lipinski definition) is 1. The number of aryl methyl sites for hydroxylation is 1. The van der Waals surface area contributed by atoms with E-state index in [2.05, 4.69) is 5.16 Å². The normalized spacial score (nSPS) is 13.3. The van der Waals surface area contributed by atoms with Gasteiger partial charge < -0.3 is 14.5 Å². The fraction of sp³-hybridized carbons (Fsp3) is 0.214. The lowest BCUT2D eigenvalue weighted by Crippen LogP contribution is -2.29. The van der Waals surface area contributed by atoms with Gasteiger partial charge in [0.05, 0.1) is 11.8 Å². The van der Waals surface area contributed by atoms with Crippen molar-refractivity contribution in [2.24, 2.45) is 0 Å². The zero-order chi connectivity index (χ0) is 14.3. The summed E-state index contributed by atoms with van der Waals surface area (Å²) in [5.74, 6) is -0.663. The van der Waals surface area contributed by atoms with Gasteiger partial charge in [0, 0.05) is 12.2 Å². The Labute approximate surface area is 114 Å². The summed E-state index contributed by atoms with van der Waals surface area (Å²) in [6.07, 6.45) is 2.05. The van der Waals surface area contributed by atoms with E-state index in [1.807, 2.05) is 0 Å². The second-order valence-electron chi connectivity index (χ2n) is 4.65. The van der Waals surface area contributed by atoms with Crippen molar-refractivity contribution >= 4 is 17.6 Å². The molecule has 0 spiro atoms. The highest BCUT2D eigenvalue weighted by molar-refractivity contribution is 6.08. The number of fused-ring (bicyclic) bond motifs is 1. The predicted octanol–water partition coefficient (Wildman–Crippen LogP) is 1.88. The summed E-state index contributed by atoms with van der Waals surface area (Å²) in [7, 11) is 0. The predicted molar refractivity (Wildman–Crippen MR) is 70.0 cm³/mol. The molecule has 1 aliphatic heterocycles. The average molecular weight is 272 g/mol. The Kier molecular flexibility index (Phi) is 2.78. The Bertz CT molecular complexity index is 705. The van der Waals surface area contributed by atoms with Gasteiger partial charge >= 0.3 is 5.97 Å². The number of amides is 1. The van der Waals surface area contributed by atoms with Crippen LogP contribution in [0.3, 0.4) is 0 Å². The Morgan fingerprint density at radius 1 is 1.40 bits per heavy atom. The summed E-state index contributed by atoms with van der Waals surface area (Å²) in [6.45, 7) is 2.21. The standard InChI is InChI=1S/C14H12N2O4/c1-8-11(7-15-20-8)13(17)16-5-4-9-6-10(14(18)19)2-3-12(9)16/h2-3,6-7H,4-5H2,1H3,(H,18,19). The molecule has 102 valence electrons. The van der Waals surface area contributed by atoms with Gasteiger partial charge in [-0.05, 0) is 37.1 Å². The van der Waals surface area contributed by atoms with Crippen LogP contribution in [0, 0.1) is 6.92 Å². The van der Waals surface area contributed by atoms with Crippen molar-refractivity contribution in [3.05, 3.63) is 46.8 Å². The van der Waals surface area contributed by atoms with Crippen molar-refractivity contribution in [2.45, 2.75) is 13.3 Å². The summed E-state index contributed by atoms with van der Waals surface area (Å²) in [6, 6.07) is 4.80. The maximum atomic E-state index is 12.4. The first kappa shape index (κ1) is 12.4. The van der Waals surface area contributed by atoms with Crippen LogP contribution in [0.4, 0.5) is 5.69 Å².